The van der Waals surface area contributed by atoms with Gasteiger partial charge in [0.05, 0.1) is 36.0 Å². The lowest BCUT2D eigenvalue weighted by Gasteiger charge is -2.30. The molecule has 202 valence electrons. The first kappa shape index (κ1) is 26.0. The molecule has 0 unspecified atom stereocenters. The standard InChI is InChI=1S/C27H30F3N5O3/c1-14-9-21-24-22(13-23(25(21)38-14)35-5-7-37-8-6-35)26(33-16(3)32-24)31-15(2)18-10-19(27(28,29)30)12-20(11-18)34-17(4)36/h10-15H,5-9H2,1-4H3,(H,34,36)(H,31,32,33)/t14-,15+/m0/s1. The van der Waals surface area contributed by atoms with Crippen LogP contribution >= 0.6 is 0 Å². The van der Waals surface area contributed by atoms with Crippen LogP contribution < -0.4 is 20.3 Å². The largest absolute Gasteiger partial charge is 0.488 e. The molecule has 0 spiro atoms. The summed E-state index contributed by atoms with van der Waals surface area (Å²) in [7, 11) is 0. The van der Waals surface area contributed by atoms with Crippen molar-refractivity contribution in [2.24, 2.45) is 0 Å². The van der Waals surface area contributed by atoms with E-state index in [1.54, 1.807) is 13.8 Å². The number of aromatic nitrogens is 2. The molecule has 8 nitrogen and oxygen atoms in total. The Morgan fingerprint density at radius 3 is 2.58 bits per heavy atom. The van der Waals surface area contributed by atoms with Crippen LogP contribution in [0.5, 0.6) is 5.75 Å². The third-order valence-corrected chi connectivity index (χ3v) is 6.75. The normalized spacial score (nSPS) is 18.2. The number of aryl methyl sites for hydroxylation is 1. The number of hydrogen-bond donors (Lipinski definition) is 2. The number of nitrogens with one attached hydrogen (secondary N) is 2. The number of fused-ring (bicyclic) bond motifs is 3. The molecule has 1 amide bonds. The van der Waals surface area contributed by atoms with Crippen molar-refractivity contribution in [3.63, 3.8) is 0 Å². The van der Waals surface area contributed by atoms with E-state index in [1.807, 2.05) is 13.0 Å². The highest BCUT2D eigenvalue weighted by molar-refractivity contribution is 5.97. The van der Waals surface area contributed by atoms with E-state index in [4.69, 9.17) is 14.5 Å². The zero-order valence-corrected chi connectivity index (χ0v) is 21.7. The van der Waals surface area contributed by atoms with E-state index in [0.29, 0.717) is 36.8 Å². The zero-order chi connectivity index (χ0) is 27.2. The van der Waals surface area contributed by atoms with Gasteiger partial charge in [0.25, 0.3) is 0 Å². The van der Waals surface area contributed by atoms with Gasteiger partial charge in [-0.05, 0) is 50.6 Å². The minimum atomic E-state index is -4.56. The second-order valence-electron chi connectivity index (χ2n) is 9.84. The summed E-state index contributed by atoms with van der Waals surface area (Å²) in [6, 6.07) is 5.00. The lowest BCUT2D eigenvalue weighted by molar-refractivity contribution is -0.137. The molecule has 2 N–H and O–H groups in total. The minimum absolute atomic E-state index is 0.00157. The van der Waals surface area contributed by atoms with Gasteiger partial charge in [0.15, 0.2) is 0 Å². The molecule has 3 aromatic rings. The molecular weight excluding hydrogens is 499 g/mol. The molecule has 2 atom stereocenters. The Hall–Kier alpha value is -3.60. The second kappa shape index (κ2) is 9.94. The average molecular weight is 530 g/mol. The van der Waals surface area contributed by atoms with Gasteiger partial charge < -0.3 is 25.0 Å². The average Bonchev–Trinajstić information content (AvgIpc) is 3.24. The third kappa shape index (κ3) is 5.20. The highest BCUT2D eigenvalue weighted by atomic mass is 19.4. The molecule has 1 saturated heterocycles. The first-order chi connectivity index (χ1) is 18.0. The lowest BCUT2D eigenvalue weighted by Crippen LogP contribution is -2.36. The highest BCUT2D eigenvalue weighted by Crippen LogP contribution is 2.45. The van der Waals surface area contributed by atoms with Crippen LogP contribution in [0.1, 0.15) is 49.3 Å². The van der Waals surface area contributed by atoms with Crippen molar-refractivity contribution < 1.29 is 27.4 Å². The first-order valence-electron chi connectivity index (χ1n) is 12.6. The summed E-state index contributed by atoms with van der Waals surface area (Å²) in [6.07, 6.45) is -3.87. The fraction of sp³-hybridized carbons (Fsp3) is 0.444. The smallest absolute Gasteiger partial charge is 0.416 e. The Bertz CT molecular complexity index is 1390. The number of halogens is 3. The predicted octanol–water partition coefficient (Wildman–Crippen LogP) is 5.25. The summed E-state index contributed by atoms with van der Waals surface area (Å²) in [4.78, 5) is 23.2. The van der Waals surface area contributed by atoms with Crippen molar-refractivity contribution in [2.75, 3.05) is 41.8 Å². The Morgan fingerprint density at radius 2 is 1.89 bits per heavy atom. The number of rotatable bonds is 5. The number of carbonyl (C=O) groups excluding carboxylic acids is 1. The number of morpholine rings is 1. The summed E-state index contributed by atoms with van der Waals surface area (Å²) in [5, 5.41) is 6.56. The second-order valence-corrected chi connectivity index (χ2v) is 9.84. The molecule has 1 aromatic heterocycles. The number of alkyl halides is 3. The van der Waals surface area contributed by atoms with Gasteiger partial charge in [-0.1, -0.05) is 0 Å². The van der Waals surface area contributed by atoms with E-state index >= 15 is 0 Å². The van der Waals surface area contributed by atoms with E-state index in [-0.39, 0.29) is 11.8 Å². The number of carbonyl (C=O) groups is 1. The third-order valence-electron chi connectivity index (χ3n) is 6.75. The Morgan fingerprint density at radius 1 is 1.16 bits per heavy atom. The van der Waals surface area contributed by atoms with Gasteiger partial charge in [-0.3, -0.25) is 4.79 Å². The molecule has 5 rings (SSSR count). The SMILES string of the molecule is CC(=O)Nc1cc([C@@H](C)Nc2nc(C)nc3c4c(c(N5CCOCC5)cc23)O[C@@H](C)C4)cc(C(F)(F)F)c1. The number of hydrogen-bond acceptors (Lipinski definition) is 7. The van der Waals surface area contributed by atoms with Crippen LogP contribution in [-0.4, -0.2) is 48.3 Å². The molecule has 3 heterocycles. The molecule has 11 heteroatoms. The molecule has 0 radical (unpaired) electrons. The van der Waals surface area contributed by atoms with Gasteiger partial charge in [0.1, 0.15) is 23.5 Å². The van der Waals surface area contributed by atoms with Crippen molar-refractivity contribution in [3.8, 4) is 5.75 Å². The van der Waals surface area contributed by atoms with E-state index in [1.165, 1.54) is 13.0 Å². The number of nitrogens with zero attached hydrogens (tertiary/aromatic N) is 3. The molecular formula is C27H30F3N5O3. The number of amides is 1. The van der Waals surface area contributed by atoms with Gasteiger partial charge in [0.2, 0.25) is 5.91 Å². The van der Waals surface area contributed by atoms with E-state index < -0.39 is 23.7 Å². The quantitative estimate of drug-likeness (QED) is 0.467. The monoisotopic (exact) mass is 529 g/mol. The molecule has 38 heavy (non-hydrogen) atoms. The van der Waals surface area contributed by atoms with Crippen LogP contribution in [0.4, 0.5) is 30.4 Å². The van der Waals surface area contributed by atoms with Gasteiger partial charge in [-0.2, -0.15) is 13.2 Å². The van der Waals surface area contributed by atoms with Crippen molar-refractivity contribution in [1.29, 1.82) is 0 Å². The summed E-state index contributed by atoms with van der Waals surface area (Å²) in [5.74, 6) is 1.43. The van der Waals surface area contributed by atoms with Gasteiger partial charge in [0, 0.05) is 43.1 Å². The summed E-state index contributed by atoms with van der Waals surface area (Å²) in [6.45, 7) is 9.49. The van der Waals surface area contributed by atoms with E-state index in [9.17, 15) is 18.0 Å². The molecule has 0 saturated carbocycles. The Kier molecular flexibility index (Phi) is 6.81. The van der Waals surface area contributed by atoms with E-state index in [0.717, 1.165) is 53.1 Å². The fourth-order valence-corrected chi connectivity index (χ4v) is 5.04. The fourth-order valence-electron chi connectivity index (χ4n) is 5.04. The van der Waals surface area contributed by atoms with Crippen molar-refractivity contribution in [3.05, 3.63) is 46.8 Å². The lowest BCUT2D eigenvalue weighted by atomic mass is 10.0. The molecule has 1 fully saturated rings. The van der Waals surface area contributed by atoms with Crippen LogP contribution in [-0.2, 0) is 22.1 Å². The van der Waals surface area contributed by atoms with Gasteiger partial charge >= 0.3 is 6.18 Å². The van der Waals surface area contributed by atoms with Crippen LogP contribution in [0.25, 0.3) is 10.9 Å². The maximum Gasteiger partial charge on any atom is 0.416 e. The van der Waals surface area contributed by atoms with Crippen LogP contribution in [0.2, 0.25) is 0 Å². The molecule has 2 aliphatic heterocycles. The van der Waals surface area contributed by atoms with Gasteiger partial charge in [-0.25, -0.2) is 9.97 Å². The van der Waals surface area contributed by atoms with Crippen molar-refractivity contribution in [2.45, 2.75) is 52.4 Å². The Balaban J connectivity index is 1.59. The number of ether oxygens (including phenoxy) is 2. The molecule has 2 aliphatic rings. The minimum Gasteiger partial charge on any atom is -0.488 e. The summed E-state index contributed by atoms with van der Waals surface area (Å²) < 4.78 is 52.7. The van der Waals surface area contributed by atoms with Crippen molar-refractivity contribution >= 4 is 34.0 Å². The van der Waals surface area contributed by atoms with E-state index in [2.05, 4.69) is 20.5 Å². The molecule has 0 aliphatic carbocycles. The molecule has 2 aromatic carbocycles. The maximum absolute atomic E-state index is 13.6. The van der Waals surface area contributed by atoms with Crippen LogP contribution in [0.3, 0.4) is 0 Å². The van der Waals surface area contributed by atoms with Crippen LogP contribution in [0, 0.1) is 6.92 Å². The maximum atomic E-state index is 13.6. The topological polar surface area (TPSA) is 88.6 Å². The number of anilines is 3. The summed E-state index contributed by atoms with van der Waals surface area (Å²) in [5.41, 5.74) is 2.32. The zero-order valence-electron chi connectivity index (χ0n) is 21.7. The summed E-state index contributed by atoms with van der Waals surface area (Å²) >= 11 is 0. The highest BCUT2D eigenvalue weighted by Gasteiger charge is 2.33. The van der Waals surface area contributed by atoms with Gasteiger partial charge in [-0.15, -0.1) is 0 Å². The van der Waals surface area contributed by atoms with Crippen LogP contribution in [0.15, 0.2) is 24.3 Å². The first-order valence-corrected chi connectivity index (χ1v) is 12.6. The number of benzene rings is 2. The molecule has 0 bridgehead atoms. The predicted molar refractivity (Wildman–Crippen MR) is 139 cm³/mol. The Labute approximate surface area is 218 Å². The van der Waals surface area contributed by atoms with Crippen molar-refractivity contribution in [1.82, 2.24) is 9.97 Å².